The Morgan fingerprint density at radius 1 is 0.939 bits per heavy atom. The summed E-state index contributed by atoms with van der Waals surface area (Å²) in [6.45, 7) is 1.95. The average molecular weight is 464 g/mol. The van der Waals surface area contributed by atoms with Crippen molar-refractivity contribution in [2.75, 3.05) is 7.11 Å². The van der Waals surface area contributed by atoms with Crippen LogP contribution in [-0.2, 0) is 32.6 Å². The number of fused-ring (bicyclic) bond motifs is 1. The second-order valence-electron chi connectivity index (χ2n) is 7.83. The smallest absolute Gasteiger partial charge is 0.312 e. The molecule has 4 aromatic rings. The largest absolute Gasteiger partial charge is 0.469 e. The lowest BCUT2D eigenvalue weighted by molar-refractivity contribution is -0.141. The molecular formula is C26H25NO5S. The monoisotopic (exact) mass is 463 g/mol. The number of carbonyl (C=O) groups excluding carboxylic acids is 1. The van der Waals surface area contributed by atoms with E-state index in [9.17, 15) is 13.2 Å². The van der Waals surface area contributed by atoms with Gasteiger partial charge in [-0.15, -0.1) is 0 Å². The third-order valence-corrected chi connectivity index (χ3v) is 7.36. The van der Waals surface area contributed by atoms with E-state index in [0.717, 1.165) is 16.5 Å². The van der Waals surface area contributed by atoms with Crippen LogP contribution in [0.5, 0.6) is 0 Å². The molecule has 0 aliphatic heterocycles. The van der Waals surface area contributed by atoms with E-state index >= 15 is 0 Å². The van der Waals surface area contributed by atoms with Crippen LogP contribution < -0.4 is 0 Å². The lowest BCUT2D eigenvalue weighted by Gasteiger charge is -2.22. The third kappa shape index (κ3) is 4.99. The Morgan fingerprint density at radius 2 is 1.67 bits per heavy atom. The van der Waals surface area contributed by atoms with Gasteiger partial charge in [-0.25, -0.2) is 8.42 Å². The van der Waals surface area contributed by atoms with Crippen LogP contribution in [0.3, 0.4) is 0 Å². The molecule has 0 amide bonds. The van der Waals surface area contributed by atoms with Gasteiger partial charge in [-0.1, -0.05) is 60.7 Å². The van der Waals surface area contributed by atoms with E-state index in [1.165, 1.54) is 11.4 Å². The molecule has 0 fully saturated rings. The highest BCUT2D eigenvalue weighted by atomic mass is 32.2. The fraction of sp³-hybridized carbons (Fsp3) is 0.192. The molecule has 170 valence electrons. The lowest BCUT2D eigenvalue weighted by Crippen LogP contribution is -2.30. The van der Waals surface area contributed by atoms with E-state index in [0.29, 0.717) is 11.3 Å². The summed E-state index contributed by atoms with van der Waals surface area (Å²) in [5, 5.41) is 0.915. The van der Waals surface area contributed by atoms with E-state index in [1.54, 1.807) is 37.3 Å². The van der Waals surface area contributed by atoms with Gasteiger partial charge >= 0.3 is 5.97 Å². The summed E-state index contributed by atoms with van der Waals surface area (Å²) < 4.78 is 39.2. The van der Waals surface area contributed by atoms with Crippen molar-refractivity contribution in [2.24, 2.45) is 0 Å². The van der Waals surface area contributed by atoms with Crippen molar-refractivity contribution >= 4 is 27.0 Å². The van der Waals surface area contributed by atoms with Crippen LogP contribution in [0, 0.1) is 0 Å². The van der Waals surface area contributed by atoms with Gasteiger partial charge < -0.3 is 9.15 Å². The fourth-order valence-corrected chi connectivity index (χ4v) is 5.15. The third-order valence-electron chi connectivity index (χ3n) is 5.55. The molecule has 6 nitrogen and oxygen atoms in total. The number of sulfonamides is 1. The number of furan rings is 1. The first kappa shape index (κ1) is 22.8. The Labute approximate surface area is 193 Å². The number of hydrogen-bond acceptors (Lipinski definition) is 5. The summed E-state index contributed by atoms with van der Waals surface area (Å²) in [7, 11) is -2.46. The van der Waals surface area contributed by atoms with Crippen LogP contribution in [0.15, 0.2) is 94.2 Å². The van der Waals surface area contributed by atoms with E-state index in [-0.39, 0.29) is 24.0 Å². The van der Waals surface area contributed by atoms with Crippen LogP contribution in [0.2, 0.25) is 0 Å². The molecule has 0 radical (unpaired) electrons. The predicted molar refractivity (Wildman–Crippen MR) is 126 cm³/mol. The highest BCUT2D eigenvalue weighted by molar-refractivity contribution is 7.89. The number of carbonyl (C=O) groups is 1. The Balaban J connectivity index is 1.69. The van der Waals surface area contributed by atoms with Crippen LogP contribution in [0.1, 0.15) is 29.7 Å². The molecule has 4 rings (SSSR count). The van der Waals surface area contributed by atoms with E-state index in [2.05, 4.69) is 0 Å². The first-order valence-corrected chi connectivity index (χ1v) is 12.0. The van der Waals surface area contributed by atoms with Crippen molar-refractivity contribution in [1.29, 1.82) is 0 Å². The molecule has 0 aliphatic carbocycles. The molecule has 0 spiro atoms. The van der Waals surface area contributed by atoms with Gasteiger partial charge in [0, 0.05) is 11.9 Å². The summed E-state index contributed by atoms with van der Waals surface area (Å²) in [6.07, 6.45) is 0. The fourth-order valence-electron chi connectivity index (χ4n) is 3.73. The van der Waals surface area contributed by atoms with Crippen molar-refractivity contribution in [3.8, 4) is 0 Å². The van der Waals surface area contributed by atoms with Crippen LogP contribution in [-0.4, -0.2) is 25.8 Å². The average Bonchev–Trinajstić information content (AvgIpc) is 3.26. The minimum absolute atomic E-state index is 0.0721. The summed E-state index contributed by atoms with van der Waals surface area (Å²) in [5.74, 6) is -0.248. The predicted octanol–water partition coefficient (Wildman–Crippen LogP) is 5.10. The molecule has 1 unspecified atom stereocenters. The number of benzene rings is 3. The van der Waals surface area contributed by atoms with Crippen molar-refractivity contribution < 1.29 is 22.4 Å². The highest BCUT2D eigenvalue weighted by Crippen LogP contribution is 2.26. The number of nitrogens with zero attached hydrogens (tertiary/aromatic N) is 1. The minimum Gasteiger partial charge on any atom is -0.469 e. The molecule has 0 saturated heterocycles. The second-order valence-corrected chi connectivity index (χ2v) is 9.76. The number of para-hydroxylation sites is 1. The molecule has 1 heterocycles. The zero-order valence-corrected chi connectivity index (χ0v) is 19.3. The van der Waals surface area contributed by atoms with Crippen LogP contribution in [0.4, 0.5) is 0 Å². The Kier molecular flexibility index (Phi) is 6.62. The zero-order chi connectivity index (χ0) is 23.4. The molecule has 7 heteroatoms. The second kappa shape index (κ2) is 9.60. The number of ether oxygens (including phenoxy) is 1. The summed E-state index contributed by atoms with van der Waals surface area (Å²) in [6, 6.07) is 25.1. The maximum absolute atomic E-state index is 13.5. The molecule has 0 bridgehead atoms. The van der Waals surface area contributed by atoms with E-state index in [4.69, 9.17) is 9.15 Å². The molecule has 1 aromatic heterocycles. The topological polar surface area (TPSA) is 76.8 Å². The quantitative estimate of drug-likeness (QED) is 0.340. The first-order chi connectivity index (χ1) is 15.9. The summed E-state index contributed by atoms with van der Waals surface area (Å²) in [5.41, 5.74) is 2.23. The SMILES string of the molecule is COC(=O)C(C)c1cccc(CN(Cc2cc3ccccc3o2)S(=O)(=O)c2ccccc2)c1. The van der Waals surface area contributed by atoms with Crippen molar-refractivity contribution in [3.63, 3.8) is 0 Å². The molecular weight excluding hydrogens is 438 g/mol. The summed E-state index contributed by atoms with van der Waals surface area (Å²) >= 11 is 0. The highest BCUT2D eigenvalue weighted by Gasteiger charge is 2.26. The van der Waals surface area contributed by atoms with Crippen LogP contribution in [0.25, 0.3) is 11.0 Å². The first-order valence-electron chi connectivity index (χ1n) is 10.6. The van der Waals surface area contributed by atoms with Gasteiger partial charge in [0.2, 0.25) is 10.0 Å². The molecule has 1 atom stereocenters. The van der Waals surface area contributed by atoms with Gasteiger partial charge in [0.05, 0.1) is 24.5 Å². The van der Waals surface area contributed by atoms with Gasteiger partial charge in [-0.05, 0) is 42.3 Å². The molecule has 0 N–H and O–H groups in total. The van der Waals surface area contributed by atoms with Crippen LogP contribution >= 0.6 is 0 Å². The maximum Gasteiger partial charge on any atom is 0.312 e. The Morgan fingerprint density at radius 3 is 2.39 bits per heavy atom. The van der Waals surface area contributed by atoms with Crippen molar-refractivity contribution in [3.05, 3.63) is 102 Å². The number of rotatable bonds is 8. The van der Waals surface area contributed by atoms with Gasteiger partial charge in [0.25, 0.3) is 0 Å². The number of hydrogen-bond donors (Lipinski definition) is 0. The molecule has 3 aromatic carbocycles. The minimum atomic E-state index is -3.81. The Bertz CT molecular complexity index is 1330. The van der Waals surface area contributed by atoms with Gasteiger partial charge in [-0.2, -0.15) is 4.31 Å². The van der Waals surface area contributed by atoms with E-state index in [1.807, 2.05) is 54.6 Å². The number of esters is 1. The molecule has 33 heavy (non-hydrogen) atoms. The normalized spacial score (nSPS) is 12.7. The zero-order valence-electron chi connectivity index (χ0n) is 18.5. The standard InChI is InChI=1S/C26H25NO5S/c1-19(26(28)31-2)21-11-8-9-20(15-21)17-27(33(29,30)24-12-4-3-5-13-24)18-23-16-22-10-6-7-14-25(22)32-23/h3-16,19H,17-18H2,1-2H3. The number of methoxy groups -OCH3 is 1. The lowest BCUT2D eigenvalue weighted by atomic mass is 9.99. The van der Waals surface area contributed by atoms with E-state index < -0.39 is 15.9 Å². The maximum atomic E-state index is 13.5. The van der Waals surface area contributed by atoms with Gasteiger partial charge in [0.1, 0.15) is 11.3 Å². The van der Waals surface area contributed by atoms with Crippen molar-refractivity contribution in [1.82, 2.24) is 4.31 Å². The molecule has 0 aliphatic rings. The molecule has 0 saturated carbocycles. The van der Waals surface area contributed by atoms with Gasteiger partial charge in [-0.3, -0.25) is 4.79 Å². The van der Waals surface area contributed by atoms with Gasteiger partial charge in [0.15, 0.2) is 0 Å². The summed E-state index contributed by atoms with van der Waals surface area (Å²) in [4.78, 5) is 12.2. The Hall–Kier alpha value is -3.42. The van der Waals surface area contributed by atoms with Crippen molar-refractivity contribution in [2.45, 2.75) is 30.8 Å².